The van der Waals surface area contributed by atoms with Crippen molar-refractivity contribution in [3.63, 3.8) is 0 Å². The highest BCUT2D eigenvalue weighted by molar-refractivity contribution is 5.99. The Hall–Kier alpha value is -2.45. The Morgan fingerprint density at radius 1 is 1.08 bits per heavy atom. The minimum atomic E-state index is -0.724. The lowest BCUT2D eigenvalue weighted by Gasteiger charge is -2.37. The predicted octanol–water partition coefficient (Wildman–Crippen LogP) is 2.96. The van der Waals surface area contributed by atoms with E-state index in [9.17, 15) is 14.4 Å². The maximum atomic E-state index is 14.0. The molecule has 0 spiro atoms. The van der Waals surface area contributed by atoms with E-state index in [-0.39, 0.29) is 36.2 Å². The van der Waals surface area contributed by atoms with Crippen molar-refractivity contribution in [3.05, 3.63) is 29.8 Å². The molecular weight excluding hydrogens is 480 g/mol. The van der Waals surface area contributed by atoms with E-state index in [2.05, 4.69) is 22.0 Å². The first-order chi connectivity index (χ1) is 18.2. The summed E-state index contributed by atoms with van der Waals surface area (Å²) in [5.41, 5.74) is 1.19. The molecule has 208 valence electrons. The second-order valence-electron chi connectivity index (χ2n) is 12.3. The zero-order valence-electron chi connectivity index (χ0n) is 23.4. The smallest absolute Gasteiger partial charge is 0.251 e. The molecule has 3 saturated heterocycles. The molecule has 1 aromatic rings. The van der Waals surface area contributed by atoms with Crippen LogP contribution in [0.3, 0.4) is 0 Å². The number of fused-ring (bicyclic) bond motifs is 1. The lowest BCUT2D eigenvalue weighted by Crippen LogP contribution is -2.57. The van der Waals surface area contributed by atoms with Crippen LogP contribution in [0.5, 0.6) is 0 Å². The van der Waals surface area contributed by atoms with Crippen molar-refractivity contribution < 1.29 is 19.1 Å². The molecule has 38 heavy (non-hydrogen) atoms. The summed E-state index contributed by atoms with van der Waals surface area (Å²) >= 11 is 0. The molecule has 3 aliphatic heterocycles. The Morgan fingerprint density at radius 3 is 2.37 bits per heavy atom. The van der Waals surface area contributed by atoms with Crippen molar-refractivity contribution in [2.45, 2.75) is 71.6 Å². The zero-order chi connectivity index (χ0) is 27.0. The summed E-state index contributed by atoms with van der Waals surface area (Å²) in [6.07, 6.45) is 3.96. The number of Topliss-reactive ketones (excluding diaryl/α,β-unsaturated/α-hetero) is 1. The maximum absolute atomic E-state index is 14.0. The minimum Gasteiger partial charge on any atom is -0.369 e. The van der Waals surface area contributed by atoms with Gasteiger partial charge in [0.25, 0.3) is 5.91 Å². The minimum absolute atomic E-state index is 0.0167. The van der Waals surface area contributed by atoms with E-state index in [1.54, 1.807) is 4.90 Å². The summed E-state index contributed by atoms with van der Waals surface area (Å²) in [7, 11) is 0. The number of likely N-dealkylation sites (tertiary alicyclic amines) is 1. The fourth-order valence-corrected chi connectivity index (χ4v) is 6.41. The molecular formula is C30H44N4O4. The van der Waals surface area contributed by atoms with Crippen LogP contribution in [0, 0.1) is 17.3 Å². The average molecular weight is 525 g/mol. The zero-order valence-corrected chi connectivity index (χ0v) is 23.4. The van der Waals surface area contributed by atoms with Gasteiger partial charge in [-0.25, -0.2) is 0 Å². The van der Waals surface area contributed by atoms with Gasteiger partial charge in [-0.3, -0.25) is 19.3 Å². The Balaban J connectivity index is 1.28. The number of amides is 2. The first kappa shape index (κ1) is 27.1. The Kier molecular flexibility index (Phi) is 7.83. The molecule has 1 aromatic carbocycles. The number of piperazine rings is 1. The van der Waals surface area contributed by atoms with E-state index in [1.807, 2.05) is 45.0 Å². The standard InChI is InChI=1S/C30H44N4O4/c1-5-13-32-14-16-33(17-15-32)22-11-9-21(10-12-22)28(36)31-27(30(3,4)6-2)29(37)34-18-23(20-7-8-20)26-25(34)24(35)19-38-26/h9-12,20,23,25-27H,5-8,13-19H2,1-4H3,(H,31,36)/t23-,25-,26-,27?/m1/s1. The number of hydrogen-bond acceptors (Lipinski definition) is 6. The van der Waals surface area contributed by atoms with Crippen LogP contribution in [0.25, 0.3) is 0 Å². The number of nitrogens with zero attached hydrogens (tertiary/aromatic N) is 3. The van der Waals surface area contributed by atoms with Crippen LogP contribution in [0.2, 0.25) is 0 Å². The Bertz CT molecular complexity index is 1030. The fourth-order valence-electron chi connectivity index (χ4n) is 6.41. The third kappa shape index (κ3) is 5.34. The number of carbonyl (C=O) groups excluding carboxylic acids is 3. The Morgan fingerprint density at radius 2 is 1.76 bits per heavy atom. The molecule has 2 amide bonds. The van der Waals surface area contributed by atoms with E-state index >= 15 is 0 Å². The van der Waals surface area contributed by atoms with E-state index in [4.69, 9.17) is 4.74 Å². The van der Waals surface area contributed by atoms with Crippen LogP contribution >= 0.6 is 0 Å². The van der Waals surface area contributed by atoms with Crippen LogP contribution < -0.4 is 10.2 Å². The first-order valence-electron chi connectivity index (χ1n) is 14.6. The van der Waals surface area contributed by atoms with Gasteiger partial charge in [-0.05, 0) is 67.8 Å². The van der Waals surface area contributed by atoms with Crippen LogP contribution in [0.4, 0.5) is 5.69 Å². The van der Waals surface area contributed by atoms with Crippen molar-refractivity contribution in [1.82, 2.24) is 15.1 Å². The van der Waals surface area contributed by atoms with Gasteiger partial charge in [-0.1, -0.05) is 27.7 Å². The number of rotatable bonds is 9. The third-order valence-electron chi connectivity index (χ3n) is 9.36. The first-order valence-corrected chi connectivity index (χ1v) is 14.6. The molecule has 0 bridgehead atoms. The van der Waals surface area contributed by atoms with Gasteiger partial charge >= 0.3 is 0 Å². The monoisotopic (exact) mass is 524 g/mol. The van der Waals surface area contributed by atoms with Crippen LogP contribution in [0.1, 0.15) is 63.7 Å². The fraction of sp³-hybridized carbons (Fsp3) is 0.700. The molecule has 0 radical (unpaired) electrons. The van der Waals surface area contributed by atoms with Crippen molar-refractivity contribution in [2.75, 3.05) is 50.8 Å². The summed E-state index contributed by atoms with van der Waals surface area (Å²) in [6, 6.07) is 6.48. The number of ketones is 1. The normalized spacial score (nSPS) is 26.9. The van der Waals surface area contributed by atoms with Gasteiger partial charge in [-0.15, -0.1) is 0 Å². The topological polar surface area (TPSA) is 82.2 Å². The van der Waals surface area contributed by atoms with Gasteiger partial charge in [0, 0.05) is 49.9 Å². The number of hydrogen-bond donors (Lipinski definition) is 1. The predicted molar refractivity (Wildman–Crippen MR) is 147 cm³/mol. The molecule has 4 fully saturated rings. The third-order valence-corrected chi connectivity index (χ3v) is 9.36. The molecule has 1 N–H and O–H groups in total. The highest BCUT2D eigenvalue weighted by atomic mass is 16.5. The summed E-state index contributed by atoms with van der Waals surface area (Å²) < 4.78 is 5.87. The SMILES string of the molecule is CCCN1CCN(c2ccc(C(=O)NC(C(=O)N3C[C@H](C4CC4)[C@H]4OCC(=O)[C@H]43)C(C)(C)CC)cc2)CC1. The number of anilines is 1. The largest absolute Gasteiger partial charge is 0.369 e. The molecule has 5 rings (SSSR count). The van der Waals surface area contributed by atoms with Crippen molar-refractivity contribution in [1.29, 1.82) is 0 Å². The van der Waals surface area contributed by atoms with E-state index in [0.717, 1.165) is 51.3 Å². The van der Waals surface area contributed by atoms with Crippen molar-refractivity contribution in [2.24, 2.45) is 17.3 Å². The van der Waals surface area contributed by atoms with Crippen LogP contribution in [-0.4, -0.2) is 91.5 Å². The summed E-state index contributed by atoms with van der Waals surface area (Å²) in [5.74, 6) is 0.313. The molecule has 8 heteroatoms. The van der Waals surface area contributed by atoms with E-state index in [0.29, 0.717) is 24.4 Å². The van der Waals surface area contributed by atoms with E-state index < -0.39 is 17.5 Å². The highest BCUT2D eigenvalue weighted by Gasteiger charge is 2.57. The van der Waals surface area contributed by atoms with Gasteiger partial charge in [0.2, 0.25) is 5.91 Å². The molecule has 1 saturated carbocycles. The molecule has 0 aromatic heterocycles. The summed E-state index contributed by atoms with van der Waals surface area (Å²) in [4.78, 5) is 46.8. The lowest BCUT2D eigenvalue weighted by atomic mass is 9.80. The van der Waals surface area contributed by atoms with Crippen LogP contribution in [0.15, 0.2) is 24.3 Å². The van der Waals surface area contributed by atoms with Gasteiger partial charge < -0.3 is 19.9 Å². The second kappa shape index (κ2) is 11.0. The number of ether oxygens (including phenoxy) is 1. The van der Waals surface area contributed by atoms with Gasteiger partial charge in [0.1, 0.15) is 18.7 Å². The molecule has 3 heterocycles. The van der Waals surface area contributed by atoms with Crippen molar-refractivity contribution in [3.8, 4) is 0 Å². The quantitative estimate of drug-likeness (QED) is 0.535. The molecule has 4 aliphatic rings. The van der Waals surface area contributed by atoms with E-state index in [1.165, 1.54) is 6.42 Å². The van der Waals surface area contributed by atoms with Gasteiger partial charge in [0.05, 0.1) is 6.10 Å². The maximum Gasteiger partial charge on any atom is 0.251 e. The molecule has 1 aliphatic carbocycles. The van der Waals surface area contributed by atoms with Crippen LogP contribution in [-0.2, 0) is 14.3 Å². The molecule has 1 unspecified atom stereocenters. The summed E-state index contributed by atoms with van der Waals surface area (Å²) in [6.45, 7) is 14.1. The lowest BCUT2D eigenvalue weighted by molar-refractivity contribution is -0.140. The number of benzene rings is 1. The molecule has 8 nitrogen and oxygen atoms in total. The molecule has 4 atom stereocenters. The summed E-state index contributed by atoms with van der Waals surface area (Å²) in [5, 5.41) is 3.07. The number of carbonyl (C=O) groups is 3. The Labute approximate surface area is 227 Å². The van der Waals surface area contributed by atoms with Crippen molar-refractivity contribution >= 4 is 23.3 Å². The number of nitrogens with one attached hydrogen (secondary N) is 1. The highest BCUT2D eigenvalue weighted by Crippen LogP contribution is 2.46. The van der Waals surface area contributed by atoms with Gasteiger partial charge in [-0.2, -0.15) is 0 Å². The average Bonchev–Trinajstić information content (AvgIpc) is 3.59. The van der Waals surface area contributed by atoms with Gasteiger partial charge in [0.15, 0.2) is 5.78 Å². The second-order valence-corrected chi connectivity index (χ2v) is 12.3.